The normalized spacial score (nSPS) is 19.9. The number of hydrogen-bond acceptors (Lipinski definition) is 4. The summed E-state index contributed by atoms with van der Waals surface area (Å²) in [6.07, 6.45) is 0. The van der Waals surface area contributed by atoms with Crippen LogP contribution in [0.25, 0.3) is 0 Å². The molecule has 0 saturated carbocycles. The largest absolute Gasteiger partial charge is 0.714 e. The average Bonchev–Trinajstić information content (AvgIpc) is 2.57. The van der Waals surface area contributed by atoms with Crippen molar-refractivity contribution >= 4 is 5.84 Å². The molecule has 6 nitrogen and oxygen atoms in total. The molecule has 0 aromatic heterocycles. The standard InChI is InChI=1S/C15H21N2O4/c1-14(2)15(3,4)17(19)13(16(14)18)11-8-7-10(20-5)9-12(11)21-6/h7-9H,1-6H3. The molecule has 1 aromatic carbocycles. The second kappa shape index (κ2) is 4.80. The van der Waals surface area contributed by atoms with Crippen molar-refractivity contribution in [3.05, 3.63) is 29.0 Å². The zero-order chi connectivity index (χ0) is 16.0. The highest BCUT2D eigenvalue weighted by atomic mass is 16.5. The van der Waals surface area contributed by atoms with E-state index < -0.39 is 11.1 Å². The fraction of sp³-hybridized carbons (Fsp3) is 0.533. The summed E-state index contributed by atoms with van der Waals surface area (Å²) in [6, 6.07) is 5.02. The molecule has 0 spiro atoms. The van der Waals surface area contributed by atoms with Gasteiger partial charge in [-0.3, -0.25) is 4.74 Å². The fourth-order valence-electron chi connectivity index (χ4n) is 2.31. The van der Waals surface area contributed by atoms with Crippen LogP contribution in [0.3, 0.4) is 0 Å². The maximum absolute atomic E-state index is 12.6. The predicted octanol–water partition coefficient (Wildman–Crippen LogP) is 2.18. The van der Waals surface area contributed by atoms with Crippen molar-refractivity contribution in [3.63, 3.8) is 0 Å². The van der Waals surface area contributed by atoms with Crippen molar-refractivity contribution in [2.24, 2.45) is 0 Å². The molecule has 0 atom stereocenters. The second-order valence-electron chi connectivity index (χ2n) is 6.10. The topological polar surface area (TPSA) is 67.7 Å². The SMILES string of the molecule is COc1ccc(C2=[N+]([O-])C(C)(C)C(C)(C)N2[O])c(OC)c1. The van der Waals surface area contributed by atoms with E-state index >= 15 is 0 Å². The molecule has 0 N–H and O–H groups in total. The number of rotatable bonds is 3. The Kier molecular flexibility index (Phi) is 3.53. The van der Waals surface area contributed by atoms with Crippen LogP contribution in [0, 0.1) is 5.21 Å². The molecule has 0 aliphatic carbocycles. The summed E-state index contributed by atoms with van der Waals surface area (Å²) in [7, 11) is 3.04. The maximum Gasteiger partial charge on any atom is 0.320 e. The van der Waals surface area contributed by atoms with E-state index in [1.807, 2.05) is 0 Å². The van der Waals surface area contributed by atoms with E-state index in [0.717, 1.165) is 9.80 Å². The average molecular weight is 293 g/mol. The molecule has 1 heterocycles. The number of benzene rings is 1. The summed E-state index contributed by atoms with van der Waals surface area (Å²) in [5.41, 5.74) is -1.24. The highest BCUT2D eigenvalue weighted by Gasteiger charge is 2.60. The number of amidine groups is 1. The lowest BCUT2D eigenvalue weighted by Crippen LogP contribution is -2.53. The van der Waals surface area contributed by atoms with Gasteiger partial charge in [-0.25, -0.2) is 0 Å². The van der Waals surface area contributed by atoms with Gasteiger partial charge < -0.3 is 14.7 Å². The Labute approximate surface area is 124 Å². The Morgan fingerprint density at radius 1 is 1.14 bits per heavy atom. The molecule has 1 aliphatic heterocycles. The van der Waals surface area contributed by atoms with E-state index in [9.17, 15) is 10.4 Å². The number of methoxy groups -OCH3 is 2. The Morgan fingerprint density at radius 3 is 2.19 bits per heavy atom. The van der Waals surface area contributed by atoms with Gasteiger partial charge in [-0.1, -0.05) is 5.06 Å². The maximum atomic E-state index is 12.6. The molecule has 115 valence electrons. The second-order valence-corrected chi connectivity index (χ2v) is 6.10. The van der Waals surface area contributed by atoms with Gasteiger partial charge in [0.25, 0.3) is 0 Å². The van der Waals surface area contributed by atoms with Crippen LogP contribution >= 0.6 is 0 Å². The quantitative estimate of drug-likeness (QED) is 0.633. The minimum absolute atomic E-state index is 0.0597. The smallest absolute Gasteiger partial charge is 0.320 e. The highest BCUT2D eigenvalue weighted by Crippen LogP contribution is 2.39. The molecule has 0 amide bonds. The first kappa shape index (κ1) is 15.4. The van der Waals surface area contributed by atoms with E-state index in [-0.39, 0.29) is 5.84 Å². The van der Waals surface area contributed by atoms with Gasteiger partial charge >= 0.3 is 5.84 Å². The summed E-state index contributed by atoms with van der Waals surface area (Å²) in [4.78, 5) is 0. The summed E-state index contributed by atoms with van der Waals surface area (Å²) < 4.78 is 11.2. The molecule has 21 heavy (non-hydrogen) atoms. The van der Waals surface area contributed by atoms with Crippen LogP contribution < -0.4 is 9.47 Å². The van der Waals surface area contributed by atoms with Crippen LogP contribution in [-0.2, 0) is 5.21 Å². The molecule has 0 fully saturated rings. The van der Waals surface area contributed by atoms with Gasteiger partial charge in [0.1, 0.15) is 22.6 Å². The lowest BCUT2D eigenvalue weighted by Gasteiger charge is -2.32. The van der Waals surface area contributed by atoms with Crippen molar-refractivity contribution in [2.45, 2.75) is 38.8 Å². The van der Waals surface area contributed by atoms with E-state index in [4.69, 9.17) is 9.47 Å². The molecule has 6 heteroatoms. The van der Waals surface area contributed by atoms with Crippen molar-refractivity contribution in [3.8, 4) is 11.5 Å². The van der Waals surface area contributed by atoms with Crippen molar-refractivity contribution < 1.29 is 19.4 Å². The number of ether oxygens (including phenoxy) is 2. The van der Waals surface area contributed by atoms with Gasteiger partial charge in [0.2, 0.25) is 0 Å². The Morgan fingerprint density at radius 2 is 1.76 bits per heavy atom. The Bertz CT molecular complexity index is 593. The van der Waals surface area contributed by atoms with E-state index in [2.05, 4.69) is 0 Å². The van der Waals surface area contributed by atoms with Gasteiger partial charge in [-0.05, 0) is 39.8 Å². The third-order valence-corrected chi connectivity index (χ3v) is 4.55. The van der Waals surface area contributed by atoms with Gasteiger partial charge in [0, 0.05) is 11.3 Å². The molecular weight excluding hydrogens is 272 g/mol. The number of hydroxylamine groups is 3. The Hall–Kier alpha value is -1.95. The molecule has 0 saturated heterocycles. The fourth-order valence-corrected chi connectivity index (χ4v) is 2.31. The van der Waals surface area contributed by atoms with Gasteiger partial charge in [0.15, 0.2) is 5.54 Å². The monoisotopic (exact) mass is 293 g/mol. The third-order valence-electron chi connectivity index (χ3n) is 4.55. The highest BCUT2D eigenvalue weighted by molar-refractivity contribution is 5.98. The summed E-state index contributed by atoms with van der Waals surface area (Å²) in [5.74, 6) is 1.09. The molecule has 0 unspecified atom stereocenters. The first-order valence-corrected chi connectivity index (χ1v) is 6.72. The first-order valence-electron chi connectivity index (χ1n) is 6.72. The molecule has 2 rings (SSSR count). The molecule has 1 radical (unpaired) electrons. The van der Waals surface area contributed by atoms with Crippen LogP contribution in [0.15, 0.2) is 18.2 Å². The van der Waals surface area contributed by atoms with Crippen molar-refractivity contribution in [1.82, 2.24) is 5.06 Å². The lowest BCUT2D eigenvalue weighted by atomic mass is 9.84. The minimum Gasteiger partial charge on any atom is -0.714 e. The summed E-state index contributed by atoms with van der Waals surface area (Å²) in [5, 5.41) is 26.0. The van der Waals surface area contributed by atoms with Crippen LogP contribution in [0.1, 0.15) is 33.3 Å². The van der Waals surface area contributed by atoms with Crippen LogP contribution in [0.4, 0.5) is 0 Å². The Balaban J connectivity index is 2.64. The van der Waals surface area contributed by atoms with Crippen molar-refractivity contribution in [2.75, 3.05) is 14.2 Å². The summed E-state index contributed by atoms with van der Waals surface area (Å²) in [6.45, 7) is 7.03. The molecule has 0 bridgehead atoms. The zero-order valence-electron chi connectivity index (χ0n) is 13.3. The van der Waals surface area contributed by atoms with E-state index in [0.29, 0.717) is 17.1 Å². The van der Waals surface area contributed by atoms with Gasteiger partial charge in [0.05, 0.1) is 14.2 Å². The van der Waals surface area contributed by atoms with Crippen LogP contribution in [0.2, 0.25) is 0 Å². The van der Waals surface area contributed by atoms with E-state index in [1.165, 1.54) is 7.11 Å². The molecule has 1 aliphatic rings. The lowest BCUT2D eigenvalue weighted by molar-refractivity contribution is -0.539. The van der Waals surface area contributed by atoms with Crippen LogP contribution in [-0.4, -0.2) is 40.9 Å². The van der Waals surface area contributed by atoms with Crippen molar-refractivity contribution in [1.29, 1.82) is 0 Å². The van der Waals surface area contributed by atoms with E-state index in [1.54, 1.807) is 53.0 Å². The first-order chi connectivity index (χ1) is 9.68. The predicted molar refractivity (Wildman–Crippen MR) is 78.0 cm³/mol. The molecular formula is C15H21N2O4. The van der Waals surface area contributed by atoms with Gasteiger partial charge in [-0.2, -0.15) is 0 Å². The number of nitrogens with zero attached hydrogens (tertiary/aromatic N) is 2. The van der Waals surface area contributed by atoms with Crippen LogP contribution in [0.5, 0.6) is 11.5 Å². The summed E-state index contributed by atoms with van der Waals surface area (Å²) >= 11 is 0. The zero-order valence-corrected chi connectivity index (χ0v) is 13.3. The minimum atomic E-state index is -0.852. The third kappa shape index (κ3) is 2.01. The number of hydrogen-bond donors (Lipinski definition) is 0. The van der Waals surface area contributed by atoms with Gasteiger partial charge in [-0.15, -0.1) is 0 Å². The molecule has 1 aromatic rings.